The second-order valence-electron chi connectivity index (χ2n) is 8.06. The van der Waals surface area contributed by atoms with Gasteiger partial charge in [0.25, 0.3) is 0 Å². The topological polar surface area (TPSA) is 42.5 Å². The quantitative estimate of drug-likeness (QED) is 0.245. The molecule has 6 nitrogen and oxygen atoms in total. The Kier molecular flexibility index (Phi) is 6.26. The molecular formula is C29H26N6+2. The number of imidazole rings is 2. The summed E-state index contributed by atoms with van der Waals surface area (Å²) >= 11 is 0. The molecule has 0 aliphatic heterocycles. The Balaban J connectivity index is 1.31. The van der Waals surface area contributed by atoms with Crippen molar-refractivity contribution in [3.05, 3.63) is 135 Å². The zero-order valence-electron chi connectivity index (χ0n) is 19.5. The third-order valence-electron chi connectivity index (χ3n) is 5.87. The Morgan fingerprint density at radius 1 is 0.829 bits per heavy atom. The standard InChI is InChI=1S/C29H26N6/c1-3-32(26-4-8-28(9-5-26)34-20-15-30-22-34)17-12-24(2)25-13-18-33(19-14-25)27-6-10-29(11-7-27)35-21-16-31-23-35/h3-23H,1H2,2H3/q+2. The first-order valence-electron chi connectivity index (χ1n) is 11.3. The molecule has 0 saturated carbocycles. The van der Waals surface area contributed by atoms with Crippen LogP contribution in [-0.2, 0) is 0 Å². The Labute approximate surface area is 204 Å². The predicted octanol–water partition coefficient (Wildman–Crippen LogP) is 5.30. The highest BCUT2D eigenvalue weighted by Gasteiger charge is 2.08. The molecule has 0 atom stereocenters. The average Bonchev–Trinajstić information content (AvgIpc) is 3.65. The highest BCUT2D eigenvalue weighted by Crippen LogP contribution is 2.17. The zero-order chi connectivity index (χ0) is 24.0. The van der Waals surface area contributed by atoms with E-state index in [1.54, 1.807) is 25.0 Å². The number of nitrogens with zero attached hydrogens (tertiary/aromatic N) is 6. The van der Waals surface area contributed by atoms with Crippen LogP contribution in [0.5, 0.6) is 0 Å². The first kappa shape index (κ1) is 22.0. The number of hydrogen-bond acceptors (Lipinski definition) is 2. The Hall–Kier alpha value is -4.84. The summed E-state index contributed by atoms with van der Waals surface area (Å²) in [6, 6.07) is 20.9. The van der Waals surface area contributed by atoms with Gasteiger partial charge in [-0.3, -0.25) is 0 Å². The number of pyridine rings is 1. The molecule has 0 spiro atoms. The highest BCUT2D eigenvalue weighted by atomic mass is 15.0. The summed E-state index contributed by atoms with van der Waals surface area (Å²) in [6.07, 6.45) is 21.1. The van der Waals surface area contributed by atoms with Gasteiger partial charge in [-0.15, -0.1) is 0 Å². The Morgan fingerprint density at radius 2 is 1.40 bits per heavy atom. The van der Waals surface area contributed by atoms with Crippen LogP contribution in [0, 0.1) is 0 Å². The van der Waals surface area contributed by atoms with Crippen LogP contribution in [0.25, 0.3) is 22.6 Å². The van der Waals surface area contributed by atoms with E-state index in [2.05, 4.69) is 107 Å². The van der Waals surface area contributed by atoms with Crippen LogP contribution in [-0.4, -0.2) is 29.9 Å². The molecule has 6 heteroatoms. The predicted molar refractivity (Wildman–Crippen MR) is 138 cm³/mol. The van der Waals surface area contributed by atoms with Gasteiger partial charge in [0.15, 0.2) is 24.8 Å². The lowest BCUT2D eigenvalue weighted by Gasteiger charge is -2.03. The molecule has 0 radical (unpaired) electrons. The molecule has 5 aromatic rings. The minimum absolute atomic E-state index is 1.04. The van der Waals surface area contributed by atoms with Gasteiger partial charge in [-0.1, -0.05) is 0 Å². The zero-order valence-corrected chi connectivity index (χ0v) is 19.5. The second-order valence-corrected chi connectivity index (χ2v) is 8.06. The van der Waals surface area contributed by atoms with E-state index in [0.29, 0.717) is 0 Å². The Bertz CT molecular complexity index is 1460. The third kappa shape index (κ3) is 4.91. The maximum Gasteiger partial charge on any atom is 0.210 e. The molecule has 35 heavy (non-hydrogen) atoms. The van der Waals surface area contributed by atoms with E-state index in [-0.39, 0.29) is 0 Å². The number of aromatic nitrogens is 5. The monoisotopic (exact) mass is 458 g/mol. The first-order chi connectivity index (χ1) is 17.2. The van der Waals surface area contributed by atoms with Crippen LogP contribution >= 0.6 is 0 Å². The third-order valence-corrected chi connectivity index (χ3v) is 5.87. The molecular weight excluding hydrogens is 432 g/mol. The van der Waals surface area contributed by atoms with E-state index < -0.39 is 0 Å². The molecule has 0 aliphatic carbocycles. The first-order valence-corrected chi connectivity index (χ1v) is 11.3. The molecule has 5 rings (SSSR count). The van der Waals surface area contributed by atoms with Crippen molar-refractivity contribution in [1.29, 1.82) is 0 Å². The van der Waals surface area contributed by atoms with Crippen LogP contribution in [0.3, 0.4) is 0 Å². The SMILES string of the molecule is C=C[N+](=C/C=C(\C)c1cc[n+](-c2ccc(-n3ccnc3)cc2)cc1)c1ccc(-n2ccnc2)cc1. The van der Waals surface area contributed by atoms with Crippen molar-refractivity contribution < 1.29 is 9.14 Å². The van der Waals surface area contributed by atoms with Crippen molar-refractivity contribution in [3.8, 4) is 17.1 Å². The van der Waals surface area contributed by atoms with Crippen LogP contribution in [0.4, 0.5) is 5.69 Å². The molecule has 3 heterocycles. The number of rotatable bonds is 7. The number of benzene rings is 2. The van der Waals surface area contributed by atoms with Crippen LogP contribution in [0.15, 0.2) is 129 Å². The maximum atomic E-state index is 4.11. The van der Waals surface area contributed by atoms with Gasteiger partial charge >= 0.3 is 0 Å². The van der Waals surface area contributed by atoms with Gasteiger partial charge in [-0.25, -0.2) is 9.97 Å². The van der Waals surface area contributed by atoms with E-state index in [0.717, 1.165) is 33.9 Å². The summed E-state index contributed by atoms with van der Waals surface area (Å²) in [5, 5.41) is 0. The molecule has 2 aromatic carbocycles. The summed E-state index contributed by atoms with van der Waals surface area (Å²) < 4.78 is 8.08. The number of hydrogen-bond donors (Lipinski definition) is 0. The van der Waals surface area contributed by atoms with E-state index in [1.165, 1.54) is 0 Å². The molecule has 170 valence electrons. The second kappa shape index (κ2) is 9.97. The van der Waals surface area contributed by atoms with Crippen molar-refractivity contribution in [2.45, 2.75) is 6.92 Å². The van der Waals surface area contributed by atoms with Gasteiger partial charge in [-0.05, 0) is 48.9 Å². The summed E-state index contributed by atoms with van der Waals surface area (Å²) in [4.78, 5) is 8.21. The average molecular weight is 459 g/mol. The van der Waals surface area contributed by atoms with Crippen LogP contribution in [0.2, 0.25) is 0 Å². The smallest absolute Gasteiger partial charge is 0.210 e. The maximum absolute atomic E-state index is 4.11. The minimum Gasteiger partial charge on any atom is -0.306 e. The van der Waals surface area contributed by atoms with Gasteiger partial charge in [-0.2, -0.15) is 9.14 Å². The van der Waals surface area contributed by atoms with Crippen molar-refractivity contribution in [3.63, 3.8) is 0 Å². The van der Waals surface area contributed by atoms with Gasteiger partial charge in [0.05, 0.1) is 12.7 Å². The van der Waals surface area contributed by atoms with Crippen LogP contribution in [0.1, 0.15) is 12.5 Å². The van der Waals surface area contributed by atoms with Gasteiger partial charge in [0.1, 0.15) is 0 Å². The Morgan fingerprint density at radius 3 is 1.91 bits per heavy atom. The van der Waals surface area contributed by atoms with Crippen molar-refractivity contribution in [2.24, 2.45) is 0 Å². The van der Waals surface area contributed by atoms with E-state index in [4.69, 9.17) is 0 Å². The number of allylic oxidation sites excluding steroid dienone is 2. The van der Waals surface area contributed by atoms with Gasteiger partial charge in [0, 0.05) is 78.6 Å². The van der Waals surface area contributed by atoms with Crippen molar-refractivity contribution in [1.82, 2.24) is 19.1 Å². The fraction of sp³-hybridized carbons (Fsp3) is 0.0345. The largest absolute Gasteiger partial charge is 0.306 e. The highest BCUT2D eigenvalue weighted by molar-refractivity contribution is 5.81. The molecule has 3 aromatic heterocycles. The lowest BCUT2D eigenvalue weighted by Crippen LogP contribution is -2.29. The summed E-state index contributed by atoms with van der Waals surface area (Å²) in [5.41, 5.74) is 6.61. The van der Waals surface area contributed by atoms with Crippen LogP contribution < -0.4 is 4.57 Å². The summed E-state index contributed by atoms with van der Waals surface area (Å²) in [7, 11) is 0. The van der Waals surface area contributed by atoms with Gasteiger partial charge < -0.3 is 9.13 Å². The summed E-state index contributed by atoms with van der Waals surface area (Å²) in [5.74, 6) is 0. The van der Waals surface area contributed by atoms with E-state index >= 15 is 0 Å². The minimum atomic E-state index is 1.04. The lowest BCUT2D eigenvalue weighted by atomic mass is 10.1. The molecule has 0 N–H and O–H groups in total. The molecule has 0 aliphatic rings. The fourth-order valence-electron chi connectivity index (χ4n) is 3.82. The normalized spacial score (nSPS) is 12.0. The van der Waals surface area contributed by atoms with Crippen molar-refractivity contribution in [2.75, 3.05) is 0 Å². The molecule has 0 bridgehead atoms. The van der Waals surface area contributed by atoms with E-state index in [9.17, 15) is 0 Å². The fourth-order valence-corrected chi connectivity index (χ4v) is 3.82. The van der Waals surface area contributed by atoms with Crippen molar-refractivity contribution >= 4 is 17.5 Å². The molecule has 0 amide bonds. The molecule has 0 unspecified atom stereocenters. The summed E-state index contributed by atoms with van der Waals surface area (Å²) in [6.45, 7) is 6.08. The molecule has 0 saturated heterocycles. The lowest BCUT2D eigenvalue weighted by molar-refractivity contribution is -0.595. The molecule has 0 fully saturated rings. The van der Waals surface area contributed by atoms with E-state index in [1.807, 2.05) is 38.5 Å². The van der Waals surface area contributed by atoms with Gasteiger partial charge in [0.2, 0.25) is 11.4 Å².